The minimum atomic E-state index is -1.61. The fourth-order valence-corrected chi connectivity index (χ4v) is 2.63. The topological polar surface area (TPSA) is 150 Å². The van der Waals surface area contributed by atoms with Crippen molar-refractivity contribution in [2.75, 3.05) is 13.2 Å². The van der Waals surface area contributed by atoms with Gasteiger partial charge in [0, 0.05) is 12.2 Å². The summed E-state index contributed by atoms with van der Waals surface area (Å²) in [4.78, 5) is 47.8. The molecule has 2 N–H and O–H groups in total. The molecule has 0 radical (unpaired) electrons. The zero-order chi connectivity index (χ0) is 19.3. The molecule has 2 saturated heterocycles. The highest BCUT2D eigenvalue weighted by atomic mass is 16.7. The summed E-state index contributed by atoms with van der Waals surface area (Å²) in [5.41, 5.74) is -1.61. The average molecular weight is 370 g/mol. The molecule has 0 aromatic rings. The summed E-state index contributed by atoms with van der Waals surface area (Å²) in [5.74, 6) is -4.20. The molecular weight excluding hydrogens is 354 g/mol. The van der Waals surface area contributed by atoms with Crippen molar-refractivity contribution >= 4 is 23.9 Å². The first-order valence-electron chi connectivity index (χ1n) is 7.49. The van der Waals surface area contributed by atoms with Crippen LogP contribution >= 0.6 is 0 Å². The van der Waals surface area contributed by atoms with Gasteiger partial charge in [-0.3, -0.25) is 14.3 Å². The van der Waals surface area contributed by atoms with E-state index in [2.05, 4.69) is 4.85 Å². The Hall–Kier alpha value is -2.97. The predicted molar refractivity (Wildman–Crippen MR) is 80.1 cm³/mol. The van der Waals surface area contributed by atoms with Crippen LogP contribution in [0.4, 0.5) is 0 Å². The largest absolute Gasteiger partial charge is 0.481 e. The van der Waals surface area contributed by atoms with Crippen LogP contribution in [0.1, 0.15) is 12.8 Å². The molecule has 0 unspecified atom stereocenters. The van der Waals surface area contributed by atoms with Crippen LogP contribution in [0.15, 0.2) is 12.2 Å². The number of carboxylic acids is 2. The number of fused-ring (bicyclic) bond motifs is 1. The lowest BCUT2D eigenvalue weighted by atomic mass is 10.0. The van der Waals surface area contributed by atoms with Crippen LogP contribution in [0.2, 0.25) is 0 Å². The van der Waals surface area contributed by atoms with Crippen molar-refractivity contribution in [3.05, 3.63) is 17.0 Å². The second-order valence-corrected chi connectivity index (χ2v) is 5.47. The maximum atomic E-state index is 11.7. The smallest absolute Gasteiger partial charge is 0.453 e. The average Bonchev–Trinajstić information content (AvgIpc) is 3.10. The molecule has 0 spiro atoms. The Kier molecular flexibility index (Phi) is 5.91. The number of carboxylic acid groups (broad SMARTS) is 2. The third-order valence-electron chi connectivity index (χ3n) is 3.76. The van der Waals surface area contributed by atoms with Crippen LogP contribution < -0.4 is 0 Å². The Morgan fingerprint density at radius 3 is 2.50 bits per heavy atom. The van der Waals surface area contributed by atoms with Crippen molar-refractivity contribution in [1.82, 2.24) is 0 Å². The minimum Gasteiger partial charge on any atom is -0.481 e. The summed E-state index contributed by atoms with van der Waals surface area (Å²) < 4.78 is 21.1. The maximum absolute atomic E-state index is 11.7. The molecule has 26 heavy (non-hydrogen) atoms. The van der Waals surface area contributed by atoms with Gasteiger partial charge in [-0.1, -0.05) is 0 Å². The fourth-order valence-electron chi connectivity index (χ4n) is 2.63. The first-order valence-corrected chi connectivity index (χ1v) is 7.49. The van der Waals surface area contributed by atoms with Gasteiger partial charge in [0.15, 0.2) is 6.10 Å². The van der Waals surface area contributed by atoms with E-state index in [1.807, 2.05) is 0 Å². The normalized spacial score (nSPS) is 29.7. The van der Waals surface area contributed by atoms with Crippen LogP contribution in [-0.4, -0.2) is 71.3 Å². The molecule has 4 atom stereocenters. The van der Waals surface area contributed by atoms with Gasteiger partial charge in [-0.2, -0.15) is 0 Å². The van der Waals surface area contributed by atoms with E-state index in [9.17, 15) is 19.2 Å². The van der Waals surface area contributed by atoms with Crippen molar-refractivity contribution in [2.45, 2.75) is 36.9 Å². The molecule has 11 nitrogen and oxygen atoms in total. The lowest BCUT2D eigenvalue weighted by Gasteiger charge is -2.17. The van der Waals surface area contributed by atoms with Gasteiger partial charge < -0.3 is 24.4 Å². The van der Waals surface area contributed by atoms with Crippen molar-refractivity contribution in [3.63, 3.8) is 0 Å². The second kappa shape index (κ2) is 7.94. The van der Waals surface area contributed by atoms with Gasteiger partial charge in [-0.15, -0.1) is 0 Å². The molecule has 0 bridgehead atoms. The number of carbonyl (C=O) groups excluding carboxylic acids is 2. The molecule has 0 aliphatic carbocycles. The van der Waals surface area contributed by atoms with Crippen molar-refractivity contribution in [3.8, 4) is 6.57 Å². The van der Waals surface area contributed by atoms with Gasteiger partial charge >= 0.3 is 29.6 Å². The van der Waals surface area contributed by atoms with Crippen molar-refractivity contribution in [2.24, 2.45) is 0 Å². The molecule has 0 aromatic carbocycles. The SMILES string of the molecule is C#[N+][C@]12OC[C@@H](OC(=O)CCC(=O)O)[C@H]1OC[C@H]2OC(=O)/C=C\C(=O)O. The van der Waals surface area contributed by atoms with E-state index in [0.29, 0.717) is 12.2 Å². The Morgan fingerprint density at radius 1 is 1.15 bits per heavy atom. The van der Waals surface area contributed by atoms with Gasteiger partial charge in [0.2, 0.25) is 12.2 Å². The summed E-state index contributed by atoms with van der Waals surface area (Å²) in [5, 5.41) is 17.1. The quantitative estimate of drug-likeness (QED) is 0.439. The first kappa shape index (κ1) is 19.4. The third kappa shape index (κ3) is 4.16. The minimum absolute atomic E-state index is 0.150. The number of carbonyl (C=O) groups is 4. The van der Waals surface area contributed by atoms with Gasteiger partial charge in [0.25, 0.3) is 6.57 Å². The van der Waals surface area contributed by atoms with Crippen LogP contribution in [-0.2, 0) is 38.1 Å². The molecule has 0 aromatic heterocycles. The molecule has 2 heterocycles. The van der Waals surface area contributed by atoms with E-state index in [1.165, 1.54) is 0 Å². The van der Waals surface area contributed by atoms with Crippen LogP contribution in [0, 0.1) is 6.57 Å². The fraction of sp³-hybridized carbons (Fsp3) is 0.533. The molecule has 0 saturated carbocycles. The molecular formula is C15H16NO10+. The Balaban J connectivity index is 2.01. The Morgan fingerprint density at radius 2 is 1.88 bits per heavy atom. The number of hydrogen-bond donors (Lipinski definition) is 2. The number of rotatable bonds is 7. The van der Waals surface area contributed by atoms with E-state index in [4.69, 9.17) is 35.7 Å². The highest BCUT2D eigenvalue weighted by Crippen LogP contribution is 2.41. The highest BCUT2D eigenvalue weighted by Gasteiger charge is 2.72. The van der Waals surface area contributed by atoms with Crippen molar-refractivity contribution < 1.29 is 48.3 Å². The number of ether oxygens (including phenoxy) is 4. The Labute approximate surface area is 146 Å². The number of hydrogen-bond acceptors (Lipinski definition) is 8. The number of nitrogens with zero attached hydrogens (tertiary/aromatic N) is 1. The number of esters is 2. The van der Waals surface area contributed by atoms with Crippen LogP contribution in [0.3, 0.4) is 0 Å². The molecule has 2 aliphatic rings. The second-order valence-electron chi connectivity index (χ2n) is 5.47. The third-order valence-corrected chi connectivity index (χ3v) is 3.76. The summed E-state index contributed by atoms with van der Waals surface area (Å²) >= 11 is 0. The molecule has 0 amide bonds. The summed E-state index contributed by atoms with van der Waals surface area (Å²) in [6, 6.07) is 0. The molecule has 2 rings (SSSR count). The number of aliphatic carboxylic acids is 2. The maximum Gasteiger partial charge on any atom is 0.453 e. The van der Waals surface area contributed by atoms with E-state index in [0.717, 1.165) is 0 Å². The van der Waals surface area contributed by atoms with E-state index in [-0.39, 0.29) is 26.1 Å². The van der Waals surface area contributed by atoms with E-state index < -0.39 is 47.9 Å². The van der Waals surface area contributed by atoms with Crippen molar-refractivity contribution in [1.29, 1.82) is 0 Å². The standard InChI is InChI=1S/C15H15NO10/c1-16-15-9(26-13(22)5-3-11(19)20)7-23-14(15)8(6-24-15)25-12(21)4-2-10(17)18/h1,3,5,8-9,14H,2,4,6-7H2,(H-,17,18,19,20)/p+1/b5-3-/t8-,9-,14-,15-/m1/s1. The van der Waals surface area contributed by atoms with E-state index in [1.54, 1.807) is 0 Å². The molecule has 2 aliphatic heterocycles. The zero-order valence-electron chi connectivity index (χ0n) is 13.4. The van der Waals surface area contributed by atoms with Crippen LogP contribution in [0.25, 0.3) is 4.85 Å². The zero-order valence-corrected chi connectivity index (χ0v) is 13.4. The van der Waals surface area contributed by atoms with Gasteiger partial charge in [0.1, 0.15) is 0 Å². The monoisotopic (exact) mass is 370 g/mol. The summed E-state index contributed by atoms with van der Waals surface area (Å²) in [6.45, 7) is 5.07. The summed E-state index contributed by atoms with van der Waals surface area (Å²) in [7, 11) is 0. The Bertz CT molecular complexity index is 680. The lowest BCUT2D eigenvalue weighted by molar-refractivity contribution is -0.156. The predicted octanol–water partition coefficient (Wildman–Crippen LogP) is -0.596. The molecule has 11 heteroatoms. The summed E-state index contributed by atoms with van der Waals surface area (Å²) in [6.07, 6.45) is -2.36. The lowest BCUT2D eigenvalue weighted by Crippen LogP contribution is -2.46. The first-order chi connectivity index (χ1) is 12.3. The van der Waals surface area contributed by atoms with Crippen LogP contribution in [0.5, 0.6) is 0 Å². The van der Waals surface area contributed by atoms with E-state index >= 15 is 0 Å². The molecule has 2 fully saturated rings. The van der Waals surface area contributed by atoms with Gasteiger partial charge in [-0.25, -0.2) is 9.59 Å². The van der Waals surface area contributed by atoms with Gasteiger partial charge in [-0.05, 0) is 4.85 Å². The highest BCUT2D eigenvalue weighted by molar-refractivity contribution is 5.90. The van der Waals surface area contributed by atoms with Gasteiger partial charge in [0.05, 0.1) is 26.1 Å². The molecule has 140 valence electrons.